The third-order valence-electron chi connectivity index (χ3n) is 3.44. The monoisotopic (exact) mass is 301 g/mol. The first-order valence-electron chi connectivity index (χ1n) is 7.26. The molecule has 0 aliphatic carbocycles. The zero-order chi connectivity index (χ0) is 16.3. The molecule has 0 fully saturated rings. The Morgan fingerprint density at radius 1 is 1.27 bits per heavy atom. The van der Waals surface area contributed by atoms with Crippen molar-refractivity contribution >= 4 is 11.6 Å². The molecule has 0 saturated carbocycles. The summed E-state index contributed by atoms with van der Waals surface area (Å²) in [6.07, 6.45) is 1.85. The Labute approximate surface area is 131 Å². The number of aromatic nitrogens is 3. The maximum Gasteiger partial charge on any atom is 0.238 e. The molecule has 0 radical (unpaired) electrons. The van der Waals surface area contributed by atoms with Crippen LogP contribution in [0, 0.1) is 20.8 Å². The van der Waals surface area contributed by atoms with Crippen LogP contribution >= 0.6 is 0 Å². The Hall–Kier alpha value is -2.21. The van der Waals surface area contributed by atoms with Crippen LogP contribution in [0.1, 0.15) is 22.4 Å². The van der Waals surface area contributed by atoms with E-state index < -0.39 is 0 Å². The Balaban J connectivity index is 1.95. The number of nitrogens with zero attached hydrogens (tertiary/aromatic N) is 4. The van der Waals surface area contributed by atoms with Gasteiger partial charge in [0.15, 0.2) is 0 Å². The Bertz CT molecular complexity index is 654. The van der Waals surface area contributed by atoms with Gasteiger partial charge in [0.2, 0.25) is 5.91 Å². The van der Waals surface area contributed by atoms with Gasteiger partial charge in [-0.15, -0.1) is 5.10 Å². The van der Waals surface area contributed by atoms with E-state index >= 15 is 0 Å². The molecule has 1 aromatic heterocycles. The Morgan fingerprint density at radius 3 is 2.45 bits per heavy atom. The Morgan fingerprint density at radius 2 is 1.91 bits per heavy atom. The smallest absolute Gasteiger partial charge is 0.238 e. The first-order chi connectivity index (χ1) is 10.3. The maximum absolute atomic E-state index is 12.2. The third kappa shape index (κ3) is 4.14. The zero-order valence-corrected chi connectivity index (χ0v) is 13.8. The van der Waals surface area contributed by atoms with Gasteiger partial charge in [0, 0.05) is 25.5 Å². The summed E-state index contributed by atoms with van der Waals surface area (Å²) in [7, 11) is 3.72. The highest BCUT2D eigenvalue weighted by molar-refractivity contribution is 5.93. The molecule has 6 heteroatoms. The number of anilines is 1. The molecule has 6 nitrogen and oxygen atoms in total. The average molecular weight is 301 g/mol. The van der Waals surface area contributed by atoms with E-state index in [4.69, 9.17) is 0 Å². The van der Waals surface area contributed by atoms with Gasteiger partial charge in [-0.05, 0) is 38.9 Å². The SMILES string of the molecule is Cc1cc(C)c(NC(=O)CN(C)Cc2cn(C)nn2)c(C)c1. The lowest BCUT2D eigenvalue weighted by atomic mass is 10.1. The van der Waals surface area contributed by atoms with Crippen molar-refractivity contribution < 1.29 is 4.79 Å². The van der Waals surface area contributed by atoms with Crippen LogP contribution in [0.4, 0.5) is 5.69 Å². The number of rotatable bonds is 5. The van der Waals surface area contributed by atoms with Gasteiger partial charge in [-0.3, -0.25) is 14.4 Å². The summed E-state index contributed by atoms with van der Waals surface area (Å²) in [6.45, 7) is 6.98. The van der Waals surface area contributed by atoms with Crippen molar-refractivity contribution in [2.75, 3.05) is 18.9 Å². The number of hydrogen-bond donors (Lipinski definition) is 1. The largest absolute Gasteiger partial charge is 0.324 e. The number of carbonyl (C=O) groups is 1. The van der Waals surface area contributed by atoms with Gasteiger partial charge in [0.1, 0.15) is 0 Å². The predicted octanol–water partition coefficient (Wildman–Crippen LogP) is 1.81. The van der Waals surface area contributed by atoms with Crippen LogP contribution < -0.4 is 5.32 Å². The average Bonchev–Trinajstić information content (AvgIpc) is 2.79. The van der Waals surface area contributed by atoms with E-state index in [0.717, 1.165) is 22.5 Å². The molecule has 1 aromatic carbocycles. The van der Waals surface area contributed by atoms with Crippen molar-refractivity contribution in [3.63, 3.8) is 0 Å². The van der Waals surface area contributed by atoms with Crippen LogP contribution in [0.2, 0.25) is 0 Å². The first kappa shape index (κ1) is 16.2. The number of carbonyl (C=O) groups excluding carboxylic acids is 1. The van der Waals surface area contributed by atoms with Gasteiger partial charge in [0.05, 0.1) is 12.2 Å². The molecule has 1 N–H and O–H groups in total. The molecule has 1 amide bonds. The topological polar surface area (TPSA) is 63.1 Å². The molecule has 0 bridgehead atoms. The second kappa shape index (κ2) is 6.70. The third-order valence-corrected chi connectivity index (χ3v) is 3.44. The van der Waals surface area contributed by atoms with E-state index in [9.17, 15) is 4.79 Å². The fourth-order valence-electron chi connectivity index (χ4n) is 2.60. The molecular weight excluding hydrogens is 278 g/mol. The number of amides is 1. The number of likely N-dealkylation sites (N-methyl/N-ethyl adjacent to an activating group) is 1. The molecule has 0 aliphatic rings. The minimum Gasteiger partial charge on any atom is -0.324 e. The van der Waals surface area contributed by atoms with Gasteiger partial charge in [-0.25, -0.2) is 0 Å². The molecule has 22 heavy (non-hydrogen) atoms. The summed E-state index contributed by atoms with van der Waals surface area (Å²) in [4.78, 5) is 14.1. The van der Waals surface area contributed by atoms with E-state index in [0.29, 0.717) is 13.1 Å². The van der Waals surface area contributed by atoms with E-state index in [1.807, 2.05) is 39.0 Å². The van der Waals surface area contributed by atoms with Crippen molar-refractivity contribution in [2.24, 2.45) is 7.05 Å². The van der Waals surface area contributed by atoms with Gasteiger partial charge >= 0.3 is 0 Å². The quantitative estimate of drug-likeness (QED) is 0.915. The summed E-state index contributed by atoms with van der Waals surface area (Å²) in [5, 5.41) is 10.9. The van der Waals surface area contributed by atoms with Gasteiger partial charge in [0.25, 0.3) is 0 Å². The van der Waals surface area contributed by atoms with Crippen LogP contribution in [-0.2, 0) is 18.4 Å². The fraction of sp³-hybridized carbons (Fsp3) is 0.438. The standard InChI is InChI=1S/C16H23N5O/c1-11-6-12(2)16(13(3)7-11)17-15(22)10-20(4)8-14-9-21(5)19-18-14/h6-7,9H,8,10H2,1-5H3,(H,17,22). The van der Waals surface area contributed by atoms with E-state index in [1.54, 1.807) is 4.68 Å². The molecule has 0 unspecified atom stereocenters. The van der Waals surface area contributed by atoms with Gasteiger partial charge in [-0.2, -0.15) is 0 Å². The summed E-state index contributed by atoms with van der Waals surface area (Å²) in [5.74, 6) is -0.0264. The predicted molar refractivity (Wildman–Crippen MR) is 86.6 cm³/mol. The minimum atomic E-state index is -0.0264. The summed E-state index contributed by atoms with van der Waals surface area (Å²) in [5.41, 5.74) is 5.13. The molecular formula is C16H23N5O. The van der Waals surface area contributed by atoms with Gasteiger partial charge < -0.3 is 5.32 Å². The van der Waals surface area contributed by atoms with E-state index in [2.05, 4.69) is 34.7 Å². The molecule has 0 aliphatic heterocycles. The van der Waals surface area contributed by atoms with Crippen LogP contribution in [0.15, 0.2) is 18.3 Å². The van der Waals surface area contributed by atoms with E-state index in [-0.39, 0.29) is 5.91 Å². The van der Waals surface area contributed by atoms with Crippen molar-refractivity contribution in [3.05, 3.63) is 40.7 Å². The molecule has 0 atom stereocenters. The molecule has 2 rings (SSSR count). The molecule has 0 spiro atoms. The van der Waals surface area contributed by atoms with Crippen LogP contribution in [-0.4, -0.2) is 39.4 Å². The zero-order valence-electron chi connectivity index (χ0n) is 13.8. The summed E-state index contributed by atoms with van der Waals surface area (Å²) in [6, 6.07) is 4.15. The highest BCUT2D eigenvalue weighted by Crippen LogP contribution is 2.21. The molecule has 1 heterocycles. The van der Waals surface area contributed by atoms with Crippen molar-refractivity contribution in [3.8, 4) is 0 Å². The number of hydrogen-bond acceptors (Lipinski definition) is 4. The highest BCUT2D eigenvalue weighted by Gasteiger charge is 2.12. The van der Waals surface area contributed by atoms with E-state index in [1.165, 1.54) is 5.56 Å². The van der Waals surface area contributed by atoms with Gasteiger partial charge in [-0.1, -0.05) is 22.9 Å². The fourth-order valence-corrected chi connectivity index (χ4v) is 2.60. The highest BCUT2D eigenvalue weighted by atomic mass is 16.2. The Kier molecular flexibility index (Phi) is 4.92. The van der Waals surface area contributed by atoms with Crippen molar-refractivity contribution in [1.82, 2.24) is 19.9 Å². The number of benzene rings is 1. The summed E-state index contributed by atoms with van der Waals surface area (Å²) >= 11 is 0. The lowest BCUT2D eigenvalue weighted by molar-refractivity contribution is -0.117. The normalized spacial score (nSPS) is 11.0. The maximum atomic E-state index is 12.2. The molecule has 118 valence electrons. The molecule has 2 aromatic rings. The van der Waals surface area contributed by atoms with Crippen LogP contribution in [0.25, 0.3) is 0 Å². The lowest BCUT2D eigenvalue weighted by Gasteiger charge is -2.17. The molecule has 0 saturated heterocycles. The van der Waals surface area contributed by atoms with Crippen molar-refractivity contribution in [2.45, 2.75) is 27.3 Å². The minimum absolute atomic E-state index is 0.0264. The first-order valence-corrected chi connectivity index (χ1v) is 7.26. The van der Waals surface area contributed by atoms with Crippen LogP contribution in [0.3, 0.4) is 0 Å². The van der Waals surface area contributed by atoms with Crippen LogP contribution in [0.5, 0.6) is 0 Å². The number of nitrogens with one attached hydrogen (secondary N) is 1. The van der Waals surface area contributed by atoms with Crippen molar-refractivity contribution in [1.29, 1.82) is 0 Å². The second-order valence-electron chi connectivity index (χ2n) is 5.88. The number of aryl methyl sites for hydroxylation is 4. The summed E-state index contributed by atoms with van der Waals surface area (Å²) < 4.78 is 1.66. The second-order valence-corrected chi connectivity index (χ2v) is 5.88. The lowest BCUT2D eigenvalue weighted by Crippen LogP contribution is -2.30.